The van der Waals surface area contributed by atoms with Gasteiger partial charge in [0.25, 0.3) is 5.91 Å². The van der Waals surface area contributed by atoms with Crippen molar-refractivity contribution in [3.05, 3.63) is 71.8 Å². The molecule has 0 bridgehead atoms. The van der Waals surface area contributed by atoms with Crippen LogP contribution in [0.4, 0.5) is 10.5 Å². The largest absolute Gasteiger partial charge is 0.444 e. The van der Waals surface area contributed by atoms with Gasteiger partial charge in [0.2, 0.25) is 5.91 Å². The van der Waals surface area contributed by atoms with Crippen LogP contribution in [-0.4, -0.2) is 52.7 Å². The summed E-state index contributed by atoms with van der Waals surface area (Å²) >= 11 is 0. The van der Waals surface area contributed by atoms with E-state index in [4.69, 9.17) is 4.74 Å². The van der Waals surface area contributed by atoms with Gasteiger partial charge in [0.15, 0.2) is 0 Å². The Labute approximate surface area is 207 Å². The number of aliphatic hydroxyl groups is 1. The summed E-state index contributed by atoms with van der Waals surface area (Å²) in [6.45, 7) is 11.8. The lowest BCUT2D eigenvalue weighted by atomic mass is 10.00. The number of benzene rings is 2. The van der Waals surface area contributed by atoms with Crippen LogP contribution in [0, 0.1) is 6.92 Å². The normalized spacial score (nSPS) is 12.7. The number of alkyl carbamates (subject to hydrolysis) is 1. The summed E-state index contributed by atoms with van der Waals surface area (Å²) < 4.78 is 5.25. The molecule has 2 unspecified atom stereocenters. The highest BCUT2D eigenvalue weighted by molar-refractivity contribution is 5.99. The maximum absolute atomic E-state index is 13.6. The van der Waals surface area contributed by atoms with E-state index < -0.39 is 35.6 Å². The van der Waals surface area contributed by atoms with Crippen molar-refractivity contribution in [2.75, 3.05) is 18.5 Å². The fraction of sp³-hybridized carbons (Fsp3) is 0.370. The number of aliphatic hydroxyl groups excluding tert-OH is 1. The molecule has 0 fully saturated rings. The van der Waals surface area contributed by atoms with Crippen LogP contribution in [0.2, 0.25) is 0 Å². The smallest absolute Gasteiger partial charge is 0.408 e. The third-order valence-corrected chi connectivity index (χ3v) is 5.15. The number of anilines is 1. The molecule has 0 aliphatic heterocycles. The monoisotopic (exact) mass is 481 g/mol. The number of para-hydroxylation sites is 1. The van der Waals surface area contributed by atoms with E-state index in [0.29, 0.717) is 11.3 Å². The summed E-state index contributed by atoms with van der Waals surface area (Å²) in [6, 6.07) is 12.3. The maximum atomic E-state index is 13.6. The minimum Gasteiger partial charge on any atom is -0.444 e. The molecule has 2 aromatic rings. The first-order chi connectivity index (χ1) is 16.5. The zero-order valence-corrected chi connectivity index (χ0v) is 21.0. The average Bonchev–Trinajstić information content (AvgIpc) is 2.78. The Morgan fingerprint density at radius 2 is 1.83 bits per heavy atom. The van der Waals surface area contributed by atoms with Crippen molar-refractivity contribution in [2.24, 2.45) is 0 Å². The van der Waals surface area contributed by atoms with Crippen molar-refractivity contribution in [3.8, 4) is 0 Å². The van der Waals surface area contributed by atoms with E-state index >= 15 is 0 Å². The van der Waals surface area contributed by atoms with Crippen molar-refractivity contribution in [2.45, 2.75) is 52.3 Å². The summed E-state index contributed by atoms with van der Waals surface area (Å²) in [5.74, 6) is -0.995. The number of hydrogen-bond donors (Lipinski definition) is 3. The molecule has 0 spiro atoms. The first-order valence-electron chi connectivity index (χ1n) is 11.5. The molecule has 8 heteroatoms. The summed E-state index contributed by atoms with van der Waals surface area (Å²) in [6.07, 6.45) is 0.891. The molecule has 3 N–H and O–H groups in total. The molecule has 0 heterocycles. The van der Waals surface area contributed by atoms with Crippen LogP contribution in [0.15, 0.2) is 55.1 Å². The van der Waals surface area contributed by atoms with Gasteiger partial charge in [0.1, 0.15) is 17.7 Å². The first kappa shape index (κ1) is 27.6. The summed E-state index contributed by atoms with van der Waals surface area (Å²) in [4.78, 5) is 40.6. The van der Waals surface area contributed by atoms with Crippen LogP contribution >= 0.6 is 0 Å². The standard InChI is InChI=1S/C27H35N3O5/c1-7-20-12-10-13-21(17-20)23(24(32)29-22-14-9-8-11-18(22)2)30(15-16-31)25(33)19(3)28-26(34)35-27(4,5)6/h7-14,17,19,23,31H,1,15-16H2,2-6H3,(H,28,34)(H,29,32). The lowest BCUT2D eigenvalue weighted by molar-refractivity contribution is -0.141. The zero-order chi connectivity index (χ0) is 26.2. The maximum Gasteiger partial charge on any atom is 0.408 e. The van der Waals surface area contributed by atoms with Crippen LogP contribution in [0.25, 0.3) is 6.08 Å². The van der Waals surface area contributed by atoms with Crippen LogP contribution in [0.5, 0.6) is 0 Å². The second-order valence-electron chi connectivity index (χ2n) is 9.20. The molecule has 2 atom stereocenters. The predicted molar refractivity (Wildman–Crippen MR) is 137 cm³/mol. The minimum atomic E-state index is -1.07. The summed E-state index contributed by atoms with van der Waals surface area (Å²) in [5, 5.41) is 15.2. The number of hydrogen-bond acceptors (Lipinski definition) is 5. The highest BCUT2D eigenvalue weighted by Crippen LogP contribution is 2.26. The fourth-order valence-corrected chi connectivity index (χ4v) is 3.51. The second kappa shape index (κ2) is 12.2. The molecule has 2 rings (SSSR count). The minimum absolute atomic E-state index is 0.122. The number of nitrogens with one attached hydrogen (secondary N) is 2. The molecule has 0 aromatic heterocycles. The van der Waals surface area contributed by atoms with Crippen molar-refractivity contribution in [3.63, 3.8) is 0 Å². The number of ether oxygens (including phenoxy) is 1. The Kier molecular flexibility index (Phi) is 9.59. The molecular formula is C27H35N3O5. The van der Waals surface area contributed by atoms with E-state index in [1.165, 1.54) is 11.8 Å². The molecule has 0 saturated carbocycles. The van der Waals surface area contributed by atoms with E-state index in [0.717, 1.165) is 11.1 Å². The topological polar surface area (TPSA) is 108 Å². The second-order valence-corrected chi connectivity index (χ2v) is 9.20. The molecule has 0 saturated heterocycles. The number of nitrogens with zero attached hydrogens (tertiary/aromatic N) is 1. The molecule has 0 aliphatic carbocycles. The number of carbonyl (C=O) groups is 3. The van der Waals surface area contributed by atoms with Crippen molar-refractivity contribution in [1.29, 1.82) is 0 Å². The molecular weight excluding hydrogens is 446 g/mol. The predicted octanol–water partition coefficient (Wildman–Crippen LogP) is 4.05. The average molecular weight is 482 g/mol. The Hall–Kier alpha value is -3.65. The molecule has 8 nitrogen and oxygen atoms in total. The lowest BCUT2D eigenvalue weighted by Gasteiger charge is -2.33. The molecule has 0 aliphatic rings. The van der Waals surface area contributed by atoms with E-state index in [2.05, 4.69) is 17.2 Å². The summed E-state index contributed by atoms with van der Waals surface area (Å²) in [7, 11) is 0. The van der Waals surface area contributed by atoms with Gasteiger partial charge in [0, 0.05) is 12.2 Å². The van der Waals surface area contributed by atoms with Gasteiger partial charge < -0.3 is 25.4 Å². The van der Waals surface area contributed by atoms with Crippen LogP contribution in [-0.2, 0) is 14.3 Å². The summed E-state index contributed by atoms with van der Waals surface area (Å²) in [5.41, 5.74) is 2.05. The molecule has 35 heavy (non-hydrogen) atoms. The van der Waals surface area contributed by atoms with Crippen LogP contribution in [0.1, 0.15) is 50.4 Å². The van der Waals surface area contributed by atoms with E-state index in [1.54, 1.807) is 57.2 Å². The quantitative estimate of drug-likeness (QED) is 0.501. The molecule has 0 radical (unpaired) electrons. The molecule has 3 amide bonds. The van der Waals surface area contributed by atoms with E-state index in [9.17, 15) is 19.5 Å². The van der Waals surface area contributed by atoms with Crippen LogP contribution in [0.3, 0.4) is 0 Å². The van der Waals surface area contributed by atoms with Crippen LogP contribution < -0.4 is 10.6 Å². The highest BCUT2D eigenvalue weighted by atomic mass is 16.6. The molecule has 188 valence electrons. The first-order valence-corrected chi connectivity index (χ1v) is 11.5. The highest BCUT2D eigenvalue weighted by Gasteiger charge is 2.34. The van der Waals surface area contributed by atoms with Gasteiger partial charge in [-0.3, -0.25) is 9.59 Å². The number of rotatable bonds is 9. The Morgan fingerprint density at radius 3 is 2.43 bits per heavy atom. The van der Waals surface area contributed by atoms with Gasteiger partial charge in [-0.05, 0) is 63.4 Å². The number of carbonyl (C=O) groups excluding carboxylic acids is 3. The Morgan fingerprint density at radius 1 is 1.14 bits per heavy atom. The van der Waals surface area contributed by atoms with Crippen molar-refractivity contribution in [1.82, 2.24) is 10.2 Å². The van der Waals surface area contributed by atoms with Gasteiger partial charge in [-0.25, -0.2) is 4.79 Å². The van der Waals surface area contributed by atoms with E-state index in [1.807, 2.05) is 25.1 Å². The van der Waals surface area contributed by atoms with Gasteiger partial charge in [0.05, 0.1) is 6.61 Å². The van der Waals surface area contributed by atoms with Gasteiger partial charge >= 0.3 is 6.09 Å². The van der Waals surface area contributed by atoms with Crippen molar-refractivity contribution >= 4 is 29.7 Å². The third-order valence-electron chi connectivity index (χ3n) is 5.15. The zero-order valence-electron chi connectivity index (χ0n) is 21.0. The third kappa shape index (κ3) is 7.96. The molecule has 2 aromatic carbocycles. The van der Waals surface area contributed by atoms with Gasteiger partial charge in [-0.1, -0.05) is 49.1 Å². The Bertz CT molecular complexity index is 1060. The number of aryl methyl sites for hydroxylation is 1. The van der Waals surface area contributed by atoms with Crippen molar-refractivity contribution < 1.29 is 24.2 Å². The Balaban J connectivity index is 2.43. The SMILES string of the molecule is C=Cc1cccc(C(C(=O)Nc2ccccc2C)N(CCO)C(=O)C(C)NC(=O)OC(C)(C)C)c1. The fourth-order valence-electron chi connectivity index (χ4n) is 3.51. The lowest BCUT2D eigenvalue weighted by Crippen LogP contribution is -2.52. The van der Waals surface area contributed by atoms with Gasteiger partial charge in [-0.15, -0.1) is 0 Å². The number of amides is 3. The van der Waals surface area contributed by atoms with E-state index in [-0.39, 0.29) is 13.2 Å². The van der Waals surface area contributed by atoms with Gasteiger partial charge in [-0.2, -0.15) is 0 Å².